The van der Waals surface area contributed by atoms with Crippen molar-refractivity contribution in [3.8, 4) is 0 Å². The molecular formula is C8H16ClNO2. The van der Waals surface area contributed by atoms with E-state index in [-0.39, 0.29) is 24.5 Å². The number of amides is 1. The Labute approximate surface area is 78.1 Å². The smallest absolute Gasteiger partial charge is 0.221 e. The van der Waals surface area contributed by atoms with Gasteiger partial charge in [0.15, 0.2) is 0 Å². The van der Waals surface area contributed by atoms with E-state index in [0.717, 1.165) is 0 Å². The molecule has 2 atom stereocenters. The largest absolute Gasteiger partial charge is 0.396 e. The number of halogens is 1. The number of nitrogens with one attached hydrogen (secondary N) is 1. The summed E-state index contributed by atoms with van der Waals surface area (Å²) < 4.78 is 0. The first-order valence-electron chi connectivity index (χ1n) is 4.08. The molecule has 72 valence electrons. The summed E-state index contributed by atoms with van der Waals surface area (Å²) in [5.74, 6) is 0.369. The molecule has 0 aromatic carbocycles. The Balaban J connectivity index is 3.67. The molecule has 0 heterocycles. The number of aliphatic hydroxyl groups is 1. The average Bonchev–Trinajstić information content (AvgIpc) is 2.03. The number of alkyl halides is 1. The summed E-state index contributed by atoms with van der Waals surface area (Å²) in [4.78, 5) is 11.0. The molecule has 0 aliphatic carbocycles. The maximum absolute atomic E-state index is 11.0. The Morgan fingerprint density at radius 2 is 2.17 bits per heavy atom. The van der Waals surface area contributed by atoms with Gasteiger partial charge < -0.3 is 10.4 Å². The fraction of sp³-hybridized carbons (Fsp3) is 0.875. The van der Waals surface area contributed by atoms with E-state index < -0.39 is 0 Å². The Hall–Kier alpha value is -0.280. The van der Waals surface area contributed by atoms with Crippen LogP contribution in [0.1, 0.15) is 20.3 Å². The van der Waals surface area contributed by atoms with Gasteiger partial charge >= 0.3 is 0 Å². The molecule has 3 nitrogen and oxygen atoms in total. The van der Waals surface area contributed by atoms with Crippen molar-refractivity contribution in [2.45, 2.75) is 26.3 Å². The van der Waals surface area contributed by atoms with Crippen LogP contribution in [-0.4, -0.2) is 29.5 Å². The molecule has 0 radical (unpaired) electrons. The van der Waals surface area contributed by atoms with Gasteiger partial charge in [0.25, 0.3) is 0 Å². The number of hydrogen-bond acceptors (Lipinski definition) is 2. The van der Waals surface area contributed by atoms with Crippen LogP contribution in [-0.2, 0) is 4.79 Å². The summed E-state index contributed by atoms with van der Waals surface area (Å²) in [5, 5.41) is 11.5. The van der Waals surface area contributed by atoms with Crippen molar-refractivity contribution in [1.29, 1.82) is 0 Å². The predicted molar refractivity (Wildman–Crippen MR) is 49.2 cm³/mol. The SMILES string of the molecule is CC(CO)C(C)NC(=O)CCCl. The molecule has 0 aromatic rings. The second-order valence-electron chi connectivity index (χ2n) is 2.96. The zero-order chi connectivity index (χ0) is 9.56. The van der Waals surface area contributed by atoms with Gasteiger partial charge in [0, 0.05) is 24.9 Å². The van der Waals surface area contributed by atoms with Crippen LogP contribution in [0.4, 0.5) is 0 Å². The Kier molecular flexibility index (Phi) is 6.11. The van der Waals surface area contributed by atoms with Crippen LogP contribution in [0.3, 0.4) is 0 Å². The third-order valence-corrected chi connectivity index (χ3v) is 2.04. The average molecular weight is 194 g/mol. The molecule has 0 rings (SSSR count). The maximum atomic E-state index is 11.0. The van der Waals surface area contributed by atoms with E-state index in [1.54, 1.807) is 0 Å². The summed E-state index contributed by atoms with van der Waals surface area (Å²) >= 11 is 5.38. The fourth-order valence-corrected chi connectivity index (χ4v) is 0.884. The van der Waals surface area contributed by atoms with Crippen molar-refractivity contribution in [2.75, 3.05) is 12.5 Å². The molecule has 0 aromatic heterocycles. The molecular weight excluding hydrogens is 178 g/mol. The summed E-state index contributed by atoms with van der Waals surface area (Å²) in [6.45, 7) is 3.83. The molecule has 0 aliphatic heterocycles. The van der Waals surface area contributed by atoms with E-state index in [1.165, 1.54) is 0 Å². The molecule has 0 fully saturated rings. The second-order valence-corrected chi connectivity index (χ2v) is 3.33. The van der Waals surface area contributed by atoms with Gasteiger partial charge in [-0.3, -0.25) is 4.79 Å². The van der Waals surface area contributed by atoms with Gasteiger partial charge in [-0.2, -0.15) is 0 Å². The molecule has 0 saturated carbocycles. The molecule has 0 aliphatic rings. The second kappa shape index (κ2) is 6.26. The molecule has 0 bridgehead atoms. The molecule has 0 spiro atoms. The Morgan fingerprint density at radius 1 is 1.58 bits per heavy atom. The number of aliphatic hydroxyl groups excluding tert-OH is 1. The highest BCUT2D eigenvalue weighted by molar-refractivity contribution is 6.18. The lowest BCUT2D eigenvalue weighted by atomic mass is 10.1. The van der Waals surface area contributed by atoms with Crippen LogP contribution >= 0.6 is 11.6 Å². The van der Waals surface area contributed by atoms with E-state index in [0.29, 0.717) is 12.3 Å². The minimum Gasteiger partial charge on any atom is -0.396 e. The van der Waals surface area contributed by atoms with Crippen LogP contribution in [0.5, 0.6) is 0 Å². The van der Waals surface area contributed by atoms with Crippen LogP contribution in [0.15, 0.2) is 0 Å². The highest BCUT2D eigenvalue weighted by Crippen LogP contribution is 2.00. The van der Waals surface area contributed by atoms with E-state index in [2.05, 4.69) is 5.32 Å². The van der Waals surface area contributed by atoms with Crippen LogP contribution in [0, 0.1) is 5.92 Å². The number of carbonyl (C=O) groups is 1. The third kappa shape index (κ3) is 4.57. The van der Waals surface area contributed by atoms with Crippen LogP contribution in [0.2, 0.25) is 0 Å². The van der Waals surface area contributed by atoms with Gasteiger partial charge in [-0.1, -0.05) is 6.92 Å². The Morgan fingerprint density at radius 3 is 2.58 bits per heavy atom. The zero-order valence-electron chi connectivity index (χ0n) is 7.51. The summed E-state index contributed by atoms with van der Waals surface area (Å²) in [5.41, 5.74) is 0. The zero-order valence-corrected chi connectivity index (χ0v) is 8.27. The van der Waals surface area contributed by atoms with Gasteiger partial charge in [-0.25, -0.2) is 0 Å². The molecule has 4 heteroatoms. The first-order chi connectivity index (χ1) is 5.61. The standard InChI is InChI=1S/C8H16ClNO2/c1-6(5-11)7(2)10-8(12)3-4-9/h6-7,11H,3-5H2,1-2H3,(H,10,12). The van der Waals surface area contributed by atoms with E-state index >= 15 is 0 Å². The maximum Gasteiger partial charge on any atom is 0.221 e. The Bertz CT molecular complexity index is 141. The quantitative estimate of drug-likeness (QED) is 0.634. The van der Waals surface area contributed by atoms with Crippen molar-refractivity contribution in [3.63, 3.8) is 0 Å². The number of carbonyl (C=O) groups excluding carboxylic acids is 1. The lowest BCUT2D eigenvalue weighted by molar-refractivity contribution is -0.121. The molecule has 12 heavy (non-hydrogen) atoms. The first-order valence-corrected chi connectivity index (χ1v) is 4.61. The minimum absolute atomic E-state index is 0.00529. The van der Waals surface area contributed by atoms with Gasteiger partial charge in [0.05, 0.1) is 0 Å². The lowest BCUT2D eigenvalue weighted by Gasteiger charge is -2.18. The van der Waals surface area contributed by atoms with E-state index in [1.807, 2.05) is 13.8 Å². The topological polar surface area (TPSA) is 49.3 Å². The molecule has 2 N–H and O–H groups in total. The van der Waals surface area contributed by atoms with E-state index in [4.69, 9.17) is 16.7 Å². The van der Waals surface area contributed by atoms with Crippen LogP contribution < -0.4 is 5.32 Å². The van der Waals surface area contributed by atoms with Crippen molar-refractivity contribution in [2.24, 2.45) is 5.92 Å². The lowest BCUT2D eigenvalue weighted by Crippen LogP contribution is -2.38. The van der Waals surface area contributed by atoms with Crippen molar-refractivity contribution < 1.29 is 9.90 Å². The first kappa shape index (κ1) is 11.7. The van der Waals surface area contributed by atoms with Crippen molar-refractivity contribution >= 4 is 17.5 Å². The van der Waals surface area contributed by atoms with Gasteiger partial charge in [0.1, 0.15) is 0 Å². The van der Waals surface area contributed by atoms with Gasteiger partial charge in [-0.15, -0.1) is 11.6 Å². The summed E-state index contributed by atoms with van der Waals surface area (Å²) in [6, 6.07) is 0.00529. The van der Waals surface area contributed by atoms with Gasteiger partial charge in [-0.05, 0) is 12.8 Å². The number of hydrogen-bond donors (Lipinski definition) is 2. The third-order valence-electron chi connectivity index (χ3n) is 1.85. The van der Waals surface area contributed by atoms with E-state index in [9.17, 15) is 4.79 Å². The number of rotatable bonds is 5. The summed E-state index contributed by atoms with van der Waals surface area (Å²) in [6.07, 6.45) is 0.337. The monoisotopic (exact) mass is 193 g/mol. The van der Waals surface area contributed by atoms with Crippen LogP contribution in [0.25, 0.3) is 0 Å². The summed E-state index contributed by atoms with van der Waals surface area (Å²) in [7, 11) is 0. The predicted octanol–water partition coefficient (Wildman–Crippen LogP) is 0.748. The van der Waals surface area contributed by atoms with Gasteiger partial charge in [0.2, 0.25) is 5.91 Å². The van der Waals surface area contributed by atoms with Crippen molar-refractivity contribution in [3.05, 3.63) is 0 Å². The molecule has 2 unspecified atom stereocenters. The normalized spacial score (nSPS) is 15.3. The fourth-order valence-electron chi connectivity index (χ4n) is 0.712. The highest BCUT2D eigenvalue weighted by Gasteiger charge is 2.12. The molecule has 0 saturated heterocycles. The highest BCUT2D eigenvalue weighted by atomic mass is 35.5. The van der Waals surface area contributed by atoms with Crippen molar-refractivity contribution in [1.82, 2.24) is 5.32 Å². The minimum atomic E-state index is -0.0576. The molecule has 1 amide bonds.